The van der Waals surface area contributed by atoms with Crippen molar-refractivity contribution in [3.8, 4) is 6.19 Å². The van der Waals surface area contributed by atoms with Crippen molar-refractivity contribution < 1.29 is 4.79 Å². The second-order valence-corrected chi connectivity index (χ2v) is 1.34. The Kier molecular flexibility index (Phi) is 2.91. The minimum atomic E-state index is -0.752. The van der Waals surface area contributed by atoms with Gasteiger partial charge in [-0.25, -0.2) is 9.69 Å². The molecule has 9 heavy (non-hydrogen) atoms. The SMILES string of the molecule is C=CCN(C#N)C(N)=O. The van der Waals surface area contributed by atoms with Crippen molar-refractivity contribution in [3.05, 3.63) is 12.7 Å². The maximum Gasteiger partial charge on any atom is 0.328 e. The summed E-state index contributed by atoms with van der Waals surface area (Å²) in [7, 11) is 0. The van der Waals surface area contributed by atoms with Crippen molar-refractivity contribution in [3.63, 3.8) is 0 Å². The van der Waals surface area contributed by atoms with Crippen LogP contribution in [0.3, 0.4) is 0 Å². The summed E-state index contributed by atoms with van der Waals surface area (Å²) in [5, 5.41) is 8.15. The molecule has 2 amide bonds. The molecular weight excluding hydrogens is 118 g/mol. The minimum Gasteiger partial charge on any atom is -0.351 e. The number of carbonyl (C=O) groups excluding carboxylic acids is 1. The minimum absolute atomic E-state index is 0.172. The van der Waals surface area contributed by atoms with Gasteiger partial charge in [-0.1, -0.05) is 6.08 Å². The van der Waals surface area contributed by atoms with Crippen molar-refractivity contribution in [1.82, 2.24) is 4.90 Å². The van der Waals surface area contributed by atoms with Crippen LogP contribution in [0.15, 0.2) is 12.7 Å². The average molecular weight is 125 g/mol. The van der Waals surface area contributed by atoms with Gasteiger partial charge in [-0.15, -0.1) is 6.58 Å². The molecule has 0 heterocycles. The van der Waals surface area contributed by atoms with E-state index >= 15 is 0 Å². The normalized spacial score (nSPS) is 7.44. The first-order chi connectivity index (χ1) is 4.22. The zero-order valence-electron chi connectivity index (χ0n) is 4.87. The highest BCUT2D eigenvalue weighted by Gasteiger charge is 2.02. The number of hydrogen-bond donors (Lipinski definition) is 1. The van der Waals surface area contributed by atoms with Gasteiger partial charge in [0.2, 0.25) is 0 Å². The number of hydrogen-bond acceptors (Lipinski definition) is 2. The summed E-state index contributed by atoms with van der Waals surface area (Å²) in [5.41, 5.74) is 4.75. The lowest BCUT2D eigenvalue weighted by molar-refractivity contribution is 0.230. The Morgan fingerprint density at radius 3 is 2.67 bits per heavy atom. The molecule has 0 bridgehead atoms. The van der Waals surface area contributed by atoms with Crippen molar-refractivity contribution >= 4 is 6.03 Å². The summed E-state index contributed by atoms with van der Waals surface area (Å²) in [5.74, 6) is 0. The molecule has 0 aromatic heterocycles. The van der Waals surface area contributed by atoms with Gasteiger partial charge in [-0.3, -0.25) is 0 Å². The molecule has 0 aromatic carbocycles. The molecule has 4 nitrogen and oxygen atoms in total. The van der Waals surface area contributed by atoms with Crippen LogP contribution in [0.25, 0.3) is 0 Å². The number of carbonyl (C=O) groups is 1. The number of nitrogens with two attached hydrogens (primary N) is 1. The van der Waals surface area contributed by atoms with Gasteiger partial charge in [0.1, 0.15) is 0 Å². The number of nitrogens with zero attached hydrogens (tertiary/aromatic N) is 2. The predicted octanol–water partition coefficient (Wildman–Crippen LogP) is 0.0342. The molecule has 0 rings (SSSR count). The van der Waals surface area contributed by atoms with Crippen molar-refractivity contribution in [2.24, 2.45) is 5.73 Å². The lowest BCUT2D eigenvalue weighted by Crippen LogP contribution is -2.31. The van der Waals surface area contributed by atoms with E-state index in [1.54, 1.807) is 6.19 Å². The second-order valence-electron chi connectivity index (χ2n) is 1.34. The van der Waals surface area contributed by atoms with Gasteiger partial charge in [-0.2, -0.15) is 5.26 Å². The number of urea groups is 1. The van der Waals surface area contributed by atoms with Crippen LogP contribution in [0.5, 0.6) is 0 Å². The van der Waals surface area contributed by atoms with Crippen molar-refractivity contribution in [1.29, 1.82) is 5.26 Å². The van der Waals surface area contributed by atoms with Crippen molar-refractivity contribution in [2.75, 3.05) is 6.54 Å². The van der Waals surface area contributed by atoms with Crippen LogP contribution in [0.1, 0.15) is 0 Å². The van der Waals surface area contributed by atoms with E-state index in [0.29, 0.717) is 0 Å². The van der Waals surface area contributed by atoms with Gasteiger partial charge in [0, 0.05) is 0 Å². The average Bonchev–Trinajstić information content (AvgIpc) is 1.82. The number of amides is 2. The molecular formula is C5H7N3O. The number of rotatable bonds is 2. The van der Waals surface area contributed by atoms with Crippen LogP contribution in [-0.2, 0) is 0 Å². The largest absolute Gasteiger partial charge is 0.351 e. The van der Waals surface area contributed by atoms with E-state index in [9.17, 15) is 4.79 Å². The zero-order chi connectivity index (χ0) is 7.28. The van der Waals surface area contributed by atoms with E-state index < -0.39 is 6.03 Å². The Balaban J connectivity index is 3.86. The third-order valence-corrected chi connectivity index (χ3v) is 0.698. The second kappa shape index (κ2) is 3.50. The third kappa shape index (κ3) is 2.34. The molecule has 0 fully saturated rings. The molecule has 0 aromatic rings. The van der Waals surface area contributed by atoms with Gasteiger partial charge in [0.05, 0.1) is 6.54 Å². The highest BCUT2D eigenvalue weighted by atomic mass is 16.2. The molecule has 0 radical (unpaired) electrons. The standard InChI is InChI=1S/C5H7N3O/c1-2-3-8(4-6)5(7)9/h2H,1,3H2,(H2,7,9). The molecule has 0 saturated heterocycles. The molecule has 0 saturated carbocycles. The third-order valence-electron chi connectivity index (χ3n) is 0.698. The summed E-state index contributed by atoms with van der Waals surface area (Å²) >= 11 is 0. The quantitative estimate of drug-likeness (QED) is 0.321. The first-order valence-electron chi connectivity index (χ1n) is 2.30. The van der Waals surface area contributed by atoms with Crippen molar-refractivity contribution in [2.45, 2.75) is 0 Å². The van der Waals surface area contributed by atoms with Crippen LogP contribution < -0.4 is 5.73 Å². The smallest absolute Gasteiger partial charge is 0.328 e. The number of nitriles is 1. The Hall–Kier alpha value is -1.50. The Morgan fingerprint density at radius 1 is 2.00 bits per heavy atom. The maximum atomic E-state index is 10.2. The Morgan fingerprint density at radius 2 is 2.56 bits per heavy atom. The van der Waals surface area contributed by atoms with Crippen LogP contribution in [-0.4, -0.2) is 17.5 Å². The van der Waals surface area contributed by atoms with E-state index in [2.05, 4.69) is 6.58 Å². The van der Waals surface area contributed by atoms with Crippen LogP contribution in [0.2, 0.25) is 0 Å². The molecule has 0 unspecified atom stereocenters. The van der Waals surface area contributed by atoms with E-state index in [1.807, 2.05) is 0 Å². The molecule has 0 atom stereocenters. The lowest BCUT2D eigenvalue weighted by Gasteiger charge is -2.04. The van der Waals surface area contributed by atoms with Gasteiger partial charge in [0.15, 0.2) is 6.19 Å². The molecule has 2 N–H and O–H groups in total. The molecule has 48 valence electrons. The first kappa shape index (κ1) is 7.50. The maximum absolute atomic E-state index is 10.2. The molecule has 0 aliphatic rings. The van der Waals surface area contributed by atoms with Crippen LogP contribution in [0.4, 0.5) is 4.79 Å². The Labute approximate surface area is 53.2 Å². The van der Waals surface area contributed by atoms with E-state index in [0.717, 1.165) is 4.90 Å². The monoisotopic (exact) mass is 125 g/mol. The topological polar surface area (TPSA) is 70.1 Å². The highest BCUT2D eigenvalue weighted by molar-refractivity contribution is 5.73. The molecule has 0 spiro atoms. The summed E-state index contributed by atoms with van der Waals surface area (Å²) in [6, 6.07) is -0.752. The van der Waals surface area contributed by atoms with Gasteiger partial charge in [0.25, 0.3) is 0 Å². The predicted molar refractivity (Wildman–Crippen MR) is 32.1 cm³/mol. The number of primary amides is 1. The van der Waals surface area contributed by atoms with Crippen LogP contribution in [0, 0.1) is 11.5 Å². The zero-order valence-corrected chi connectivity index (χ0v) is 4.87. The fourth-order valence-corrected chi connectivity index (χ4v) is 0.309. The van der Waals surface area contributed by atoms with Gasteiger partial charge < -0.3 is 5.73 Å². The fraction of sp³-hybridized carbons (Fsp3) is 0.200. The summed E-state index contributed by atoms with van der Waals surface area (Å²) in [6.45, 7) is 3.50. The summed E-state index contributed by atoms with van der Waals surface area (Å²) in [6.07, 6.45) is 3.01. The molecule has 0 aliphatic carbocycles. The van der Waals surface area contributed by atoms with Gasteiger partial charge >= 0.3 is 6.03 Å². The molecule has 4 heteroatoms. The molecule has 0 aliphatic heterocycles. The Bertz CT molecular complexity index is 158. The van der Waals surface area contributed by atoms with Gasteiger partial charge in [-0.05, 0) is 0 Å². The first-order valence-corrected chi connectivity index (χ1v) is 2.30. The van der Waals surface area contributed by atoms with Crippen LogP contribution >= 0.6 is 0 Å². The highest BCUT2D eigenvalue weighted by Crippen LogP contribution is 1.82. The van der Waals surface area contributed by atoms with E-state index in [4.69, 9.17) is 11.0 Å². The fourth-order valence-electron chi connectivity index (χ4n) is 0.309. The lowest BCUT2D eigenvalue weighted by atomic mass is 10.6. The summed E-state index contributed by atoms with van der Waals surface area (Å²) in [4.78, 5) is 11.0. The van der Waals surface area contributed by atoms with E-state index in [1.165, 1.54) is 6.08 Å². The van der Waals surface area contributed by atoms with E-state index in [-0.39, 0.29) is 6.54 Å². The summed E-state index contributed by atoms with van der Waals surface area (Å²) < 4.78 is 0.